The molecule has 3 unspecified atom stereocenters. The molecule has 0 spiro atoms. The Morgan fingerprint density at radius 2 is 2.21 bits per heavy atom. The maximum absolute atomic E-state index is 11.9. The number of rotatable bonds is 7. The highest BCUT2D eigenvalue weighted by Crippen LogP contribution is 2.11. The Labute approximate surface area is 122 Å². The number of piperidine rings is 1. The minimum atomic E-state index is -0.417. The van der Waals surface area contributed by atoms with Crippen molar-refractivity contribution >= 4 is 18.3 Å². The zero-order valence-electron chi connectivity index (χ0n) is 12.1. The summed E-state index contributed by atoms with van der Waals surface area (Å²) >= 11 is 0. The monoisotopic (exact) mass is 294 g/mol. The number of carbonyl (C=O) groups is 1. The molecule has 0 aromatic heterocycles. The second-order valence-corrected chi connectivity index (χ2v) is 4.80. The first kappa shape index (κ1) is 18.6. The second-order valence-electron chi connectivity index (χ2n) is 4.80. The molecule has 0 saturated carbocycles. The number of ether oxygens (including phenoxy) is 2. The van der Waals surface area contributed by atoms with Gasteiger partial charge >= 0.3 is 0 Å². The van der Waals surface area contributed by atoms with Crippen molar-refractivity contribution in [3.63, 3.8) is 0 Å². The number of amides is 1. The number of hydrogen-bond acceptors (Lipinski definition) is 4. The molecule has 6 heteroatoms. The summed E-state index contributed by atoms with van der Waals surface area (Å²) in [6.07, 6.45) is 0.685. The Kier molecular flexibility index (Phi) is 10.2. The molecule has 1 aliphatic heterocycles. The summed E-state index contributed by atoms with van der Waals surface area (Å²) in [6, 6.07) is 0.212. The van der Waals surface area contributed by atoms with Gasteiger partial charge in [0.25, 0.3) is 0 Å². The average Bonchev–Trinajstić information content (AvgIpc) is 2.37. The fourth-order valence-electron chi connectivity index (χ4n) is 1.99. The van der Waals surface area contributed by atoms with E-state index in [4.69, 9.17) is 9.47 Å². The summed E-state index contributed by atoms with van der Waals surface area (Å²) in [7, 11) is 0. The smallest absolute Gasteiger partial charge is 0.249 e. The SMILES string of the molecule is CCOCCOC(C)C(=O)NC1CNCCC1C.Cl. The molecule has 114 valence electrons. The third-order valence-corrected chi connectivity index (χ3v) is 3.32. The first-order chi connectivity index (χ1) is 8.65. The molecule has 1 heterocycles. The molecular weight excluding hydrogens is 268 g/mol. The Hall–Kier alpha value is -0.360. The van der Waals surface area contributed by atoms with Gasteiger partial charge in [-0.3, -0.25) is 4.79 Å². The van der Waals surface area contributed by atoms with Crippen LogP contribution in [-0.2, 0) is 14.3 Å². The van der Waals surface area contributed by atoms with Crippen LogP contribution in [0.5, 0.6) is 0 Å². The lowest BCUT2D eigenvalue weighted by Gasteiger charge is -2.31. The van der Waals surface area contributed by atoms with E-state index in [2.05, 4.69) is 17.6 Å². The summed E-state index contributed by atoms with van der Waals surface area (Å²) < 4.78 is 10.6. The van der Waals surface area contributed by atoms with Crippen molar-refractivity contribution in [2.45, 2.75) is 39.3 Å². The van der Waals surface area contributed by atoms with Gasteiger partial charge in [0.05, 0.1) is 13.2 Å². The molecule has 1 aliphatic rings. The van der Waals surface area contributed by atoms with Gasteiger partial charge in [0.2, 0.25) is 5.91 Å². The lowest BCUT2D eigenvalue weighted by atomic mass is 9.95. The maximum Gasteiger partial charge on any atom is 0.249 e. The summed E-state index contributed by atoms with van der Waals surface area (Å²) in [5, 5.41) is 6.34. The fourth-order valence-corrected chi connectivity index (χ4v) is 1.99. The Bertz CT molecular complexity index is 254. The second kappa shape index (κ2) is 10.4. The van der Waals surface area contributed by atoms with E-state index in [0.29, 0.717) is 25.7 Å². The molecule has 1 amide bonds. The first-order valence-electron chi connectivity index (χ1n) is 6.85. The number of hydrogen-bond donors (Lipinski definition) is 2. The molecule has 5 nitrogen and oxygen atoms in total. The zero-order chi connectivity index (χ0) is 13.4. The molecule has 0 bridgehead atoms. The quantitative estimate of drug-likeness (QED) is 0.687. The largest absolute Gasteiger partial charge is 0.379 e. The van der Waals surface area contributed by atoms with Gasteiger partial charge in [0, 0.05) is 19.2 Å². The van der Waals surface area contributed by atoms with Crippen LogP contribution < -0.4 is 10.6 Å². The molecule has 0 aromatic rings. The van der Waals surface area contributed by atoms with Crippen LogP contribution in [0.3, 0.4) is 0 Å². The minimum absolute atomic E-state index is 0. The van der Waals surface area contributed by atoms with Crippen LogP contribution in [0.4, 0.5) is 0 Å². The lowest BCUT2D eigenvalue weighted by molar-refractivity contribution is -0.133. The Balaban J connectivity index is 0.00000324. The fraction of sp³-hybridized carbons (Fsp3) is 0.923. The third-order valence-electron chi connectivity index (χ3n) is 3.32. The number of carbonyl (C=O) groups excluding carboxylic acids is 1. The average molecular weight is 295 g/mol. The maximum atomic E-state index is 11.9. The highest BCUT2D eigenvalue weighted by molar-refractivity contribution is 5.85. The molecule has 1 fully saturated rings. The standard InChI is InChI=1S/C13H26N2O3.ClH/c1-4-17-7-8-18-11(3)13(16)15-12-9-14-6-5-10(12)2;/h10-12,14H,4-9H2,1-3H3,(H,15,16);1H. The molecular formula is C13H27ClN2O3. The summed E-state index contributed by atoms with van der Waals surface area (Å²) in [4.78, 5) is 11.9. The van der Waals surface area contributed by atoms with E-state index in [-0.39, 0.29) is 24.4 Å². The van der Waals surface area contributed by atoms with E-state index in [9.17, 15) is 4.79 Å². The van der Waals surface area contributed by atoms with Crippen molar-refractivity contribution in [2.24, 2.45) is 5.92 Å². The van der Waals surface area contributed by atoms with Gasteiger partial charge in [-0.15, -0.1) is 12.4 Å². The van der Waals surface area contributed by atoms with Crippen LogP contribution in [0, 0.1) is 5.92 Å². The van der Waals surface area contributed by atoms with Crippen LogP contribution in [-0.4, -0.2) is 51.0 Å². The van der Waals surface area contributed by atoms with Gasteiger partial charge in [-0.05, 0) is 32.7 Å². The molecule has 1 rings (SSSR count). The predicted molar refractivity (Wildman–Crippen MR) is 77.7 cm³/mol. The summed E-state index contributed by atoms with van der Waals surface area (Å²) in [6.45, 7) is 9.44. The van der Waals surface area contributed by atoms with E-state index in [1.165, 1.54) is 0 Å². The van der Waals surface area contributed by atoms with Crippen molar-refractivity contribution < 1.29 is 14.3 Å². The minimum Gasteiger partial charge on any atom is -0.379 e. The van der Waals surface area contributed by atoms with Crippen molar-refractivity contribution in [2.75, 3.05) is 32.9 Å². The highest BCUT2D eigenvalue weighted by atomic mass is 35.5. The number of nitrogens with one attached hydrogen (secondary N) is 2. The number of halogens is 1. The Morgan fingerprint density at radius 3 is 2.84 bits per heavy atom. The van der Waals surface area contributed by atoms with Crippen LogP contribution in [0.25, 0.3) is 0 Å². The van der Waals surface area contributed by atoms with E-state index in [1.54, 1.807) is 6.92 Å². The van der Waals surface area contributed by atoms with Crippen LogP contribution in [0.1, 0.15) is 27.2 Å². The molecule has 0 radical (unpaired) electrons. The van der Waals surface area contributed by atoms with E-state index in [0.717, 1.165) is 19.5 Å². The molecule has 3 atom stereocenters. The van der Waals surface area contributed by atoms with E-state index in [1.807, 2.05) is 6.92 Å². The lowest BCUT2D eigenvalue weighted by Crippen LogP contribution is -2.52. The van der Waals surface area contributed by atoms with Crippen LogP contribution in [0.15, 0.2) is 0 Å². The Morgan fingerprint density at radius 1 is 1.47 bits per heavy atom. The van der Waals surface area contributed by atoms with E-state index < -0.39 is 6.10 Å². The van der Waals surface area contributed by atoms with Gasteiger partial charge in [0.1, 0.15) is 6.10 Å². The molecule has 2 N–H and O–H groups in total. The topological polar surface area (TPSA) is 59.6 Å². The highest BCUT2D eigenvalue weighted by Gasteiger charge is 2.24. The molecule has 19 heavy (non-hydrogen) atoms. The van der Waals surface area contributed by atoms with Crippen molar-refractivity contribution in [3.05, 3.63) is 0 Å². The van der Waals surface area contributed by atoms with Crippen molar-refractivity contribution in [3.8, 4) is 0 Å². The normalized spacial score (nSPS) is 24.4. The van der Waals surface area contributed by atoms with Gasteiger partial charge in [0.15, 0.2) is 0 Å². The summed E-state index contributed by atoms with van der Waals surface area (Å²) in [5.74, 6) is 0.484. The van der Waals surface area contributed by atoms with Crippen molar-refractivity contribution in [1.82, 2.24) is 10.6 Å². The van der Waals surface area contributed by atoms with Crippen LogP contribution >= 0.6 is 12.4 Å². The molecule has 0 aliphatic carbocycles. The third kappa shape index (κ3) is 7.11. The van der Waals surface area contributed by atoms with Gasteiger partial charge in [-0.1, -0.05) is 6.92 Å². The summed E-state index contributed by atoms with van der Waals surface area (Å²) in [5.41, 5.74) is 0. The molecule has 0 aromatic carbocycles. The van der Waals surface area contributed by atoms with Gasteiger partial charge in [-0.25, -0.2) is 0 Å². The van der Waals surface area contributed by atoms with Crippen LogP contribution in [0.2, 0.25) is 0 Å². The van der Waals surface area contributed by atoms with E-state index >= 15 is 0 Å². The molecule has 1 saturated heterocycles. The first-order valence-corrected chi connectivity index (χ1v) is 6.85. The van der Waals surface area contributed by atoms with Gasteiger partial charge < -0.3 is 20.1 Å². The van der Waals surface area contributed by atoms with Gasteiger partial charge in [-0.2, -0.15) is 0 Å². The van der Waals surface area contributed by atoms with Crippen molar-refractivity contribution in [1.29, 1.82) is 0 Å². The predicted octanol–water partition coefficient (Wildman–Crippen LogP) is 0.964. The zero-order valence-corrected chi connectivity index (χ0v) is 12.9.